The van der Waals surface area contributed by atoms with Crippen LogP contribution in [0.5, 0.6) is 5.75 Å². The number of aromatic hydroxyl groups is 1. The fraction of sp³-hybridized carbons (Fsp3) is 0. The van der Waals surface area contributed by atoms with E-state index in [0.717, 1.165) is 11.2 Å². The Labute approximate surface area is 97.1 Å². The molecule has 84 valence electrons. The predicted molar refractivity (Wildman–Crippen MR) is 64.5 cm³/mol. The molecule has 17 heavy (non-hydrogen) atoms. The van der Waals surface area contributed by atoms with Crippen LogP contribution in [0.15, 0.2) is 42.6 Å². The van der Waals surface area contributed by atoms with Gasteiger partial charge in [0.2, 0.25) is 0 Å². The van der Waals surface area contributed by atoms with Crippen LogP contribution in [-0.2, 0) is 0 Å². The molecule has 0 aliphatic rings. The fourth-order valence-electron chi connectivity index (χ4n) is 1.71. The molecule has 3 aromatic rings. The molecule has 0 aliphatic carbocycles. The summed E-state index contributed by atoms with van der Waals surface area (Å²) in [4.78, 5) is 0. The maximum atomic E-state index is 9.25. The van der Waals surface area contributed by atoms with Crippen molar-refractivity contribution < 1.29 is 5.11 Å². The largest absolute Gasteiger partial charge is 0.508 e. The number of benzene rings is 1. The Hall–Kier alpha value is -2.56. The van der Waals surface area contributed by atoms with E-state index in [1.165, 1.54) is 0 Å². The van der Waals surface area contributed by atoms with Crippen molar-refractivity contribution in [2.75, 3.05) is 5.73 Å². The first-order chi connectivity index (χ1) is 8.24. The lowest BCUT2D eigenvalue weighted by Gasteiger charge is -2.01. The predicted octanol–water partition coefficient (Wildman–Crippen LogP) is 1.68. The van der Waals surface area contributed by atoms with Crippen LogP contribution in [0, 0.1) is 0 Å². The molecule has 3 rings (SSSR count). The Bertz CT molecular complexity index is 673. The van der Waals surface area contributed by atoms with Crippen molar-refractivity contribution in [1.29, 1.82) is 0 Å². The molecule has 0 saturated heterocycles. The van der Waals surface area contributed by atoms with Crippen molar-refractivity contribution in [3.05, 3.63) is 42.6 Å². The minimum absolute atomic E-state index is 0.224. The number of pyridine rings is 1. The number of nitrogen functional groups attached to an aromatic ring is 1. The topological polar surface area (TPSA) is 76.4 Å². The summed E-state index contributed by atoms with van der Waals surface area (Å²) in [7, 11) is 0. The minimum atomic E-state index is 0.224. The Morgan fingerprint density at radius 3 is 2.53 bits per heavy atom. The summed E-state index contributed by atoms with van der Waals surface area (Å²) in [5.41, 5.74) is 8.00. The van der Waals surface area contributed by atoms with Gasteiger partial charge in [-0.05, 0) is 36.4 Å². The Morgan fingerprint density at radius 1 is 1.00 bits per heavy atom. The van der Waals surface area contributed by atoms with Gasteiger partial charge >= 0.3 is 0 Å². The number of rotatable bonds is 1. The maximum absolute atomic E-state index is 9.25. The summed E-state index contributed by atoms with van der Waals surface area (Å²) in [5, 5.41) is 17.4. The molecule has 1 aromatic carbocycles. The molecule has 0 atom stereocenters. The lowest BCUT2D eigenvalue weighted by molar-refractivity contribution is 0.475. The van der Waals surface area contributed by atoms with Crippen molar-refractivity contribution in [3.8, 4) is 17.1 Å². The van der Waals surface area contributed by atoms with Crippen molar-refractivity contribution in [2.45, 2.75) is 0 Å². The first-order valence-corrected chi connectivity index (χ1v) is 5.14. The lowest BCUT2D eigenvalue weighted by Crippen LogP contribution is -1.92. The van der Waals surface area contributed by atoms with Gasteiger partial charge in [-0.25, -0.2) is 0 Å². The van der Waals surface area contributed by atoms with Crippen LogP contribution in [0.3, 0.4) is 0 Å². The number of aromatic nitrogens is 3. The molecular weight excluding hydrogens is 216 g/mol. The number of hydrogen-bond donors (Lipinski definition) is 2. The molecule has 0 bridgehead atoms. The highest BCUT2D eigenvalue weighted by atomic mass is 16.3. The zero-order valence-corrected chi connectivity index (χ0v) is 8.91. The van der Waals surface area contributed by atoms with Gasteiger partial charge in [0.05, 0.1) is 0 Å². The van der Waals surface area contributed by atoms with Gasteiger partial charge in [-0.3, -0.25) is 4.40 Å². The fourth-order valence-corrected chi connectivity index (χ4v) is 1.71. The summed E-state index contributed by atoms with van der Waals surface area (Å²) in [6.07, 6.45) is 1.78. The highest BCUT2D eigenvalue weighted by molar-refractivity contribution is 5.61. The van der Waals surface area contributed by atoms with Crippen molar-refractivity contribution in [1.82, 2.24) is 14.6 Å². The van der Waals surface area contributed by atoms with Crippen LogP contribution >= 0.6 is 0 Å². The molecule has 0 unspecified atom stereocenters. The van der Waals surface area contributed by atoms with Crippen LogP contribution in [0.1, 0.15) is 0 Å². The monoisotopic (exact) mass is 226 g/mol. The molecule has 3 N–H and O–H groups in total. The zero-order valence-electron chi connectivity index (χ0n) is 8.91. The zero-order chi connectivity index (χ0) is 11.8. The highest BCUT2D eigenvalue weighted by Gasteiger charge is 2.07. The molecule has 5 nitrogen and oxygen atoms in total. The standard InChI is InChI=1S/C12H10N4O/c13-9-3-6-11-14-15-12(16(11)7-9)8-1-4-10(17)5-2-8/h1-7,17H,13H2. The molecule has 5 heteroatoms. The Morgan fingerprint density at radius 2 is 1.76 bits per heavy atom. The number of phenolic OH excluding ortho intramolecular Hbond substituents is 1. The summed E-state index contributed by atoms with van der Waals surface area (Å²) in [6.45, 7) is 0. The van der Waals surface area contributed by atoms with E-state index >= 15 is 0 Å². The third-order valence-corrected chi connectivity index (χ3v) is 2.55. The summed E-state index contributed by atoms with van der Waals surface area (Å²) >= 11 is 0. The second kappa shape index (κ2) is 3.48. The van der Waals surface area contributed by atoms with E-state index in [-0.39, 0.29) is 5.75 Å². The summed E-state index contributed by atoms with van der Waals surface area (Å²) in [6, 6.07) is 10.4. The molecule has 0 radical (unpaired) electrons. The number of nitrogens with zero attached hydrogens (tertiary/aromatic N) is 3. The Balaban J connectivity index is 2.23. The molecule has 0 aliphatic heterocycles. The second-order valence-corrected chi connectivity index (χ2v) is 3.76. The third kappa shape index (κ3) is 1.57. The van der Waals surface area contributed by atoms with Crippen LogP contribution < -0.4 is 5.73 Å². The number of fused-ring (bicyclic) bond motifs is 1. The van der Waals surface area contributed by atoms with Gasteiger partial charge in [-0.15, -0.1) is 10.2 Å². The normalized spacial score (nSPS) is 10.8. The first-order valence-electron chi connectivity index (χ1n) is 5.14. The van der Waals surface area contributed by atoms with E-state index < -0.39 is 0 Å². The molecule has 0 spiro atoms. The lowest BCUT2D eigenvalue weighted by atomic mass is 10.2. The van der Waals surface area contributed by atoms with Gasteiger partial charge < -0.3 is 10.8 Å². The Kier molecular flexibility index (Phi) is 1.98. The minimum Gasteiger partial charge on any atom is -0.508 e. The van der Waals surface area contributed by atoms with E-state index in [9.17, 15) is 5.11 Å². The van der Waals surface area contributed by atoms with Gasteiger partial charge in [-0.2, -0.15) is 0 Å². The maximum Gasteiger partial charge on any atom is 0.168 e. The summed E-state index contributed by atoms with van der Waals surface area (Å²) < 4.78 is 1.82. The molecular formula is C12H10N4O. The smallest absolute Gasteiger partial charge is 0.168 e. The van der Waals surface area contributed by atoms with Crippen molar-refractivity contribution in [2.24, 2.45) is 0 Å². The van der Waals surface area contributed by atoms with E-state index in [1.807, 2.05) is 10.5 Å². The van der Waals surface area contributed by atoms with Gasteiger partial charge in [0.15, 0.2) is 11.5 Å². The average Bonchev–Trinajstić information content (AvgIpc) is 2.73. The van der Waals surface area contributed by atoms with E-state index in [1.54, 1.807) is 36.5 Å². The van der Waals surface area contributed by atoms with Crippen LogP contribution in [-0.4, -0.2) is 19.7 Å². The third-order valence-electron chi connectivity index (χ3n) is 2.55. The van der Waals surface area contributed by atoms with E-state index in [0.29, 0.717) is 11.5 Å². The number of anilines is 1. The summed E-state index contributed by atoms with van der Waals surface area (Å²) in [5.74, 6) is 0.925. The van der Waals surface area contributed by atoms with Gasteiger partial charge in [0, 0.05) is 17.4 Å². The van der Waals surface area contributed by atoms with Crippen LogP contribution in [0.2, 0.25) is 0 Å². The number of nitrogens with two attached hydrogens (primary N) is 1. The van der Waals surface area contributed by atoms with E-state index in [2.05, 4.69) is 10.2 Å². The number of phenols is 1. The molecule has 0 amide bonds. The van der Waals surface area contributed by atoms with Crippen molar-refractivity contribution in [3.63, 3.8) is 0 Å². The highest BCUT2D eigenvalue weighted by Crippen LogP contribution is 2.21. The SMILES string of the molecule is Nc1ccc2nnc(-c3ccc(O)cc3)n2c1. The number of hydrogen-bond acceptors (Lipinski definition) is 4. The van der Waals surface area contributed by atoms with E-state index in [4.69, 9.17) is 5.73 Å². The second-order valence-electron chi connectivity index (χ2n) is 3.76. The average molecular weight is 226 g/mol. The van der Waals surface area contributed by atoms with Crippen molar-refractivity contribution >= 4 is 11.3 Å². The molecule has 0 saturated carbocycles. The van der Waals surface area contributed by atoms with Gasteiger partial charge in [0.25, 0.3) is 0 Å². The van der Waals surface area contributed by atoms with Crippen LogP contribution in [0.25, 0.3) is 17.0 Å². The molecule has 0 fully saturated rings. The van der Waals surface area contributed by atoms with Gasteiger partial charge in [-0.1, -0.05) is 0 Å². The quantitative estimate of drug-likeness (QED) is 0.662. The molecule has 2 aromatic heterocycles. The van der Waals surface area contributed by atoms with Crippen LogP contribution in [0.4, 0.5) is 5.69 Å². The molecule has 2 heterocycles. The first kappa shape index (κ1) is 9.65. The van der Waals surface area contributed by atoms with Gasteiger partial charge in [0.1, 0.15) is 5.75 Å².